The van der Waals surface area contributed by atoms with E-state index in [-0.39, 0.29) is 11.7 Å². The third-order valence-electron chi connectivity index (χ3n) is 4.42. The van der Waals surface area contributed by atoms with Crippen LogP contribution in [0.15, 0.2) is 18.2 Å². The van der Waals surface area contributed by atoms with Crippen LogP contribution < -0.4 is 0 Å². The Morgan fingerprint density at radius 3 is 2.35 bits per heavy atom. The molecule has 0 saturated heterocycles. The fourth-order valence-corrected chi connectivity index (χ4v) is 3.24. The summed E-state index contributed by atoms with van der Waals surface area (Å²) in [6, 6.07) is 5.83. The number of Topliss-reactive ketones (excluding diaryl/α,β-unsaturated/α-hetero) is 1. The number of carbonyl (C=O) groups excluding carboxylic acids is 1. The van der Waals surface area contributed by atoms with Crippen LogP contribution in [0.5, 0.6) is 0 Å². The van der Waals surface area contributed by atoms with Crippen molar-refractivity contribution in [3.8, 4) is 0 Å². The fraction of sp³-hybridized carbons (Fsp3) is 0.529. The number of carboxylic acid groups (broad SMARTS) is 1. The highest BCUT2D eigenvalue weighted by atomic mass is 16.4. The lowest BCUT2D eigenvalue weighted by atomic mass is 9.87. The predicted molar refractivity (Wildman–Crippen MR) is 78.0 cm³/mol. The van der Waals surface area contributed by atoms with E-state index in [0.717, 1.165) is 19.3 Å². The van der Waals surface area contributed by atoms with Gasteiger partial charge in [0, 0.05) is 11.5 Å². The van der Waals surface area contributed by atoms with Crippen LogP contribution in [-0.4, -0.2) is 16.9 Å². The molecule has 2 rings (SSSR count). The summed E-state index contributed by atoms with van der Waals surface area (Å²) in [6.07, 6.45) is 4.02. The van der Waals surface area contributed by atoms with Crippen molar-refractivity contribution in [1.29, 1.82) is 0 Å². The number of rotatable bonds is 5. The highest BCUT2D eigenvalue weighted by molar-refractivity contribution is 6.00. The third-order valence-corrected chi connectivity index (χ3v) is 4.42. The molecule has 1 fully saturated rings. The Morgan fingerprint density at radius 1 is 1.10 bits per heavy atom. The van der Waals surface area contributed by atoms with Crippen molar-refractivity contribution in [2.24, 2.45) is 11.8 Å². The van der Waals surface area contributed by atoms with Crippen LogP contribution in [0, 0.1) is 11.8 Å². The smallest absolute Gasteiger partial charge is 0.307 e. The maximum Gasteiger partial charge on any atom is 0.307 e. The van der Waals surface area contributed by atoms with Crippen LogP contribution in [0.1, 0.15) is 54.6 Å². The molecule has 1 N–H and O–H groups in total. The van der Waals surface area contributed by atoms with Gasteiger partial charge in [0.2, 0.25) is 0 Å². The minimum Gasteiger partial charge on any atom is -0.481 e. The lowest BCUT2D eigenvalue weighted by molar-refractivity contribution is -0.142. The van der Waals surface area contributed by atoms with Gasteiger partial charge in [-0.3, -0.25) is 9.59 Å². The first-order chi connectivity index (χ1) is 9.58. The molecule has 0 aromatic heterocycles. The number of aliphatic carboxylic acids is 1. The second-order valence-corrected chi connectivity index (χ2v) is 5.54. The van der Waals surface area contributed by atoms with E-state index in [1.165, 1.54) is 11.1 Å². The van der Waals surface area contributed by atoms with Crippen molar-refractivity contribution < 1.29 is 14.7 Å². The molecule has 1 aromatic rings. The summed E-state index contributed by atoms with van der Waals surface area (Å²) in [5.74, 6) is -1.67. The van der Waals surface area contributed by atoms with Crippen LogP contribution in [0.3, 0.4) is 0 Å². The Bertz CT molecular complexity index is 519. The summed E-state index contributed by atoms with van der Waals surface area (Å²) in [5.41, 5.74) is 3.14. The first-order valence-electron chi connectivity index (χ1n) is 7.47. The largest absolute Gasteiger partial charge is 0.481 e. The van der Waals surface area contributed by atoms with E-state index >= 15 is 0 Å². The zero-order valence-corrected chi connectivity index (χ0v) is 12.2. The molecule has 3 nitrogen and oxygen atoms in total. The van der Waals surface area contributed by atoms with Gasteiger partial charge in [-0.25, -0.2) is 0 Å². The zero-order valence-electron chi connectivity index (χ0n) is 12.2. The molecule has 0 heterocycles. The van der Waals surface area contributed by atoms with Crippen molar-refractivity contribution >= 4 is 11.8 Å². The van der Waals surface area contributed by atoms with E-state index in [0.29, 0.717) is 18.4 Å². The molecule has 1 aliphatic carbocycles. The van der Waals surface area contributed by atoms with Gasteiger partial charge in [0.25, 0.3) is 0 Å². The number of carbonyl (C=O) groups is 2. The molecule has 0 aliphatic heterocycles. The number of benzene rings is 1. The van der Waals surface area contributed by atoms with Gasteiger partial charge in [0.1, 0.15) is 0 Å². The van der Waals surface area contributed by atoms with Crippen LogP contribution in [0.2, 0.25) is 0 Å². The summed E-state index contributed by atoms with van der Waals surface area (Å²) >= 11 is 0. The monoisotopic (exact) mass is 274 g/mol. The Balaban J connectivity index is 2.27. The van der Waals surface area contributed by atoms with E-state index in [2.05, 4.69) is 13.8 Å². The lowest BCUT2D eigenvalue weighted by Crippen LogP contribution is -2.25. The van der Waals surface area contributed by atoms with Crippen molar-refractivity contribution in [2.45, 2.75) is 46.0 Å². The SMILES string of the molecule is CCc1ccc(C(=O)C2CCCC2C(=O)O)cc1CC. The van der Waals surface area contributed by atoms with Crippen LogP contribution in [0.4, 0.5) is 0 Å². The molecular formula is C17H22O3. The van der Waals surface area contributed by atoms with E-state index in [9.17, 15) is 14.7 Å². The standard InChI is InChI=1S/C17H22O3/c1-3-11-8-9-13(10-12(11)4-2)16(18)14-6-5-7-15(14)17(19)20/h8-10,14-15H,3-7H2,1-2H3,(H,19,20). The van der Waals surface area contributed by atoms with Crippen molar-refractivity contribution in [2.75, 3.05) is 0 Å². The molecule has 1 aromatic carbocycles. The maximum absolute atomic E-state index is 12.6. The van der Waals surface area contributed by atoms with Crippen LogP contribution in [0.25, 0.3) is 0 Å². The van der Waals surface area contributed by atoms with Gasteiger partial charge in [-0.1, -0.05) is 32.4 Å². The highest BCUT2D eigenvalue weighted by Crippen LogP contribution is 2.34. The fourth-order valence-electron chi connectivity index (χ4n) is 3.24. The minimum absolute atomic E-state index is 0.00672. The van der Waals surface area contributed by atoms with Crippen LogP contribution >= 0.6 is 0 Å². The molecule has 1 aliphatic rings. The second-order valence-electron chi connectivity index (χ2n) is 5.54. The number of carboxylic acids is 1. The van der Waals surface area contributed by atoms with Gasteiger partial charge < -0.3 is 5.11 Å². The van der Waals surface area contributed by atoms with Gasteiger partial charge in [-0.05, 0) is 42.9 Å². The molecule has 20 heavy (non-hydrogen) atoms. The van der Waals surface area contributed by atoms with Gasteiger partial charge in [0.15, 0.2) is 5.78 Å². The number of aryl methyl sites for hydroxylation is 2. The molecule has 0 spiro atoms. The van der Waals surface area contributed by atoms with E-state index in [1.54, 1.807) is 0 Å². The molecule has 0 amide bonds. The molecule has 1 saturated carbocycles. The predicted octanol–water partition coefficient (Wildman–Crippen LogP) is 3.50. The number of ketones is 1. The number of hydrogen-bond acceptors (Lipinski definition) is 2. The van der Waals surface area contributed by atoms with Crippen LogP contribution in [-0.2, 0) is 17.6 Å². The van der Waals surface area contributed by atoms with E-state index in [1.807, 2.05) is 18.2 Å². The average Bonchev–Trinajstić information content (AvgIpc) is 2.95. The normalized spacial score (nSPS) is 21.9. The molecule has 0 bridgehead atoms. The zero-order chi connectivity index (χ0) is 14.7. The number of hydrogen-bond donors (Lipinski definition) is 1. The first-order valence-corrected chi connectivity index (χ1v) is 7.47. The molecule has 0 radical (unpaired) electrons. The topological polar surface area (TPSA) is 54.4 Å². The Hall–Kier alpha value is -1.64. The third kappa shape index (κ3) is 2.77. The van der Waals surface area contributed by atoms with E-state index < -0.39 is 11.9 Å². The van der Waals surface area contributed by atoms with E-state index in [4.69, 9.17) is 0 Å². The molecule has 108 valence electrons. The molecule has 2 atom stereocenters. The average molecular weight is 274 g/mol. The quantitative estimate of drug-likeness (QED) is 0.836. The minimum atomic E-state index is -0.832. The molecule has 3 heteroatoms. The molecular weight excluding hydrogens is 252 g/mol. The highest BCUT2D eigenvalue weighted by Gasteiger charge is 2.37. The van der Waals surface area contributed by atoms with Gasteiger partial charge in [0.05, 0.1) is 5.92 Å². The summed E-state index contributed by atoms with van der Waals surface area (Å²) in [7, 11) is 0. The second kappa shape index (κ2) is 6.21. The Labute approximate surface area is 120 Å². The first kappa shape index (κ1) is 14.8. The Morgan fingerprint density at radius 2 is 1.75 bits per heavy atom. The molecule has 2 unspecified atom stereocenters. The van der Waals surface area contributed by atoms with Gasteiger partial charge >= 0.3 is 5.97 Å². The maximum atomic E-state index is 12.6. The van der Waals surface area contributed by atoms with Crippen molar-refractivity contribution in [3.63, 3.8) is 0 Å². The van der Waals surface area contributed by atoms with Gasteiger partial charge in [-0.15, -0.1) is 0 Å². The summed E-state index contributed by atoms with van der Waals surface area (Å²) in [4.78, 5) is 23.8. The Kier molecular flexibility index (Phi) is 4.58. The van der Waals surface area contributed by atoms with Crippen molar-refractivity contribution in [1.82, 2.24) is 0 Å². The summed E-state index contributed by atoms with van der Waals surface area (Å²) in [5, 5.41) is 9.21. The van der Waals surface area contributed by atoms with Gasteiger partial charge in [-0.2, -0.15) is 0 Å². The summed E-state index contributed by atoms with van der Waals surface area (Å²) in [6.45, 7) is 4.19. The van der Waals surface area contributed by atoms with Crippen molar-refractivity contribution in [3.05, 3.63) is 34.9 Å². The summed E-state index contributed by atoms with van der Waals surface area (Å²) < 4.78 is 0. The lowest BCUT2D eigenvalue weighted by Gasteiger charge is -2.16.